The Balaban J connectivity index is 1.71. The molecule has 2 aliphatic rings. The van der Waals surface area contributed by atoms with Crippen molar-refractivity contribution in [2.45, 2.75) is 49.1 Å². The van der Waals surface area contributed by atoms with E-state index in [0.29, 0.717) is 24.3 Å². The molecule has 0 N–H and O–H groups in total. The van der Waals surface area contributed by atoms with Crippen LogP contribution in [-0.4, -0.2) is 43.7 Å². The van der Waals surface area contributed by atoms with E-state index in [1.165, 1.54) is 23.5 Å². The number of amides is 2. The summed E-state index contributed by atoms with van der Waals surface area (Å²) in [6.07, 6.45) is 2.68. The number of carbonyl (C=O) groups is 2. The first kappa shape index (κ1) is 21.5. The Hall–Kier alpha value is -2.78. The highest BCUT2D eigenvalue weighted by molar-refractivity contribution is 7.89. The van der Waals surface area contributed by atoms with Crippen LogP contribution >= 0.6 is 0 Å². The van der Waals surface area contributed by atoms with E-state index < -0.39 is 33.7 Å². The number of sulfonamides is 1. The maximum Gasteiger partial charge on any atom is 0.252 e. The zero-order valence-electron chi connectivity index (χ0n) is 17.0. The van der Waals surface area contributed by atoms with E-state index in [-0.39, 0.29) is 17.4 Å². The lowest BCUT2D eigenvalue weighted by Gasteiger charge is -2.32. The summed E-state index contributed by atoms with van der Waals surface area (Å²) >= 11 is 0. The zero-order chi connectivity index (χ0) is 22.2. The molecular weight excluding hydrogens is 423 g/mol. The number of ether oxygens (including phenoxy) is 1. The van der Waals surface area contributed by atoms with E-state index in [2.05, 4.69) is 0 Å². The smallest absolute Gasteiger partial charge is 0.252 e. The Kier molecular flexibility index (Phi) is 5.81. The van der Waals surface area contributed by atoms with E-state index in [9.17, 15) is 22.4 Å². The van der Waals surface area contributed by atoms with Gasteiger partial charge in [-0.15, -0.1) is 0 Å². The van der Waals surface area contributed by atoms with Crippen LogP contribution in [0, 0.1) is 5.82 Å². The number of benzene rings is 2. The first-order valence-corrected chi connectivity index (χ1v) is 11.6. The highest BCUT2D eigenvalue weighted by atomic mass is 32.2. The largest absolute Gasteiger partial charge is 0.497 e. The van der Waals surface area contributed by atoms with Crippen LogP contribution in [-0.2, 0) is 19.6 Å². The lowest BCUT2D eigenvalue weighted by Crippen LogP contribution is -2.49. The Morgan fingerprint density at radius 2 is 1.61 bits per heavy atom. The molecule has 1 saturated carbocycles. The number of methoxy groups -OCH3 is 1. The highest BCUT2D eigenvalue weighted by Crippen LogP contribution is 2.36. The Morgan fingerprint density at radius 3 is 2.19 bits per heavy atom. The van der Waals surface area contributed by atoms with Gasteiger partial charge in [-0.2, -0.15) is 4.31 Å². The van der Waals surface area contributed by atoms with Crippen LogP contribution in [0.3, 0.4) is 0 Å². The maximum atomic E-state index is 13.5. The number of carbonyl (C=O) groups excluding carboxylic acids is 2. The van der Waals surface area contributed by atoms with Gasteiger partial charge in [0.15, 0.2) is 0 Å². The van der Waals surface area contributed by atoms with Crippen LogP contribution in [0.1, 0.15) is 32.1 Å². The van der Waals surface area contributed by atoms with Crippen LogP contribution in [0.4, 0.5) is 10.1 Å². The number of anilines is 1. The number of hydrogen-bond acceptors (Lipinski definition) is 5. The zero-order valence-corrected chi connectivity index (χ0v) is 17.8. The monoisotopic (exact) mass is 446 g/mol. The minimum absolute atomic E-state index is 0.0936. The number of imide groups is 1. The second-order valence-corrected chi connectivity index (χ2v) is 9.56. The molecule has 0 bridgehead atoms. The summed E-state index contributed by atoms with van der Waals surface area (Å²) in [5.41, 5.74) is 0.365. The summed E-state index contributed by atoms with van der Waals surface area (Å²) in [5, 5.41) is 0. The average Bonchev–Trinajstić information content (AvgIpc) is 3.37. The van der Waals surface area contributed by atoms with Crippen LogP contribution in [0.2, 0.25) is 0 Å². The molecule has 0 radical (unpaired) electrons. The summed E-state index contributed by atoms with van der Waals surface area (Å²) in [7, 11) is -2.60. The molecular formula is C22H23FN2O5S. The molecule has 1 aliphatic heterocycles. The van der Waals surface area contributed by atoms with Crippen molar-refractivity contribution in [2.24, 2.45) is 0 Å². The quantitative estimate of drug-likeness (QED) is 0.637. The van der Waals surface area contributed by atoms with Crippen molar-refractivity contribution in [3.8, 4) is 5.75 Å². The fourth-order valence-corrected chi connectivity index (χ4v) is 6.15. The van der Waals surface area contributed by atoms with Crippen LogP contribution < -0.4 is 9.64 Å². The summed E-state index contributed by atoms with van der Waals surface area (Å²) in [6, 6.07) is 9.46. The third-order valence-corrected chi connectivity index (χ3v) is 7.81. The first-order chi connectivity index (χ1) is 14.8. The summed E-state index contributed by atoms with van der Waals surface area (Å²) in [5.74, 6) is -1.01. The molecule has 7 nitrogen and oxygen atoms in total. The van der Waals surface area contributed by atoms with E-state index in [0.717, 1.165) is 29.9 Å². The van der Waals surface area contributed by atoms with Gasteiger partial charge in [0.1, 0.15) is 17.6 Å². The standard InChI is InChI=1S/C22H23FN2O5S/c1-30-18-10-8-16(9-11-18)24-21(26)14-20(22(24)27)25(17-4-2-3-5-17)31(28,29)19-12-6-15(23)7-13-19/h6-13,17,20H,2-5,14H2,1H3. The fourth-order valence-electron chi connectivity index (χ4n) is 4.32. The van der Waals surface area contributed by atoms with Crippen molar-refractivity contribution in [3.63, 3.8) is 0 Å². The highest BCUT2D eigenvalue weighted by Gasteiger charge is 2.49. The van der Waals surface area contributed by atoms with Crippen LogP contribution in [0.5, 0.6) is 5.75 Å². The minimum Gasteiger partial charge on any atom is -0.497 e. The van der Waals surface area contributed by atoms with Gasteiger partial charge < -0.3 is 4.74 Å². The SMILES string of the molecule is COc1ccc(N2C(=O)CC(N(C3CCCC3)S(=O)(=O)c3ccc(F)cc3)C2=O)cc1. The molecule has 31 heavy (non-hydrogen) atoms. The topological polar surface area (TPSA) is 84.0 Å². The molecule has 9 heteroatoms. The molecule has 1 saturated heterocycles. The van der Waals surface area contributed by atoms with Gasteiger partial charge in [-0.3, -0.25) is 9.59 Å². The molecule has 2 aromatic rings. The van der Waals surface area contributed by atoms with Crippen molar-refractivity contribution < 1.29 is 27.1 Å². The second kappa shape index (κ2) is 8.39. The van der Waals surface area contributed by atoms with Gasteiger partial charge >= 0.3 is 0 Å². The van der Waals surface area contributed by atoms with Crippen molar-refractivity contribution in [2.75, 3.05) is 12.0 Å². The summed E-state index contributed by atoms with van der Waals surface area (Å²) in [6.45, 7) is 0. The lowest BCUT2D eigenvalue weighted by molar-refractivity contribution is -0.122. The van der Waals surface area contributed by atoms with Gasteiger partial charge in [-0.1, -0.05) is 12.8 Å². The van der Waals surface area contributed by atoms with Gasteiger partial charge in [0.05, 0.1) is 24.1 Å². The molecule has 1 aliphatic carbocycles. The average molecular weight is 447 g/mol. The molecule has 2 fully saturated rings. The number of rotatable bonds is 6. The Bertz CT molecular complexity index is 1080. The molecule has 164 valence electrons. The predicted molar refractivity (Wildman–Crippen MR) is 112 cm³/mol. The van der Waals surface area contributed by atoms with E-state index in [1.807, 2.05) is 0 Å². The third kappa shape index (κ3) is 3.95. The van der Waals surface area contributed by atoms with Gasteiger partial charge in [0.25, 0.3) is 5.91 Å². The van der Waals surface area contributed by atoms with E-state index in [1.54, 1.807) is 24.3 Å². The van der Waals surface area contributed by atoms with Gasteiger partial charge in [-0.25, -0.2) is 17.7 Å². The second-order valence-electron chi connectivity index (χ2n) is 7.71. The molecule has 0 aromatic heterocycles. The van der Waals surface area contributed by atoms with Crippen LogP contribution in [0.25, 0.3) is 0 Å². The number of nitrogens with zero attached hydrogens (tertiary/aromatic N) is 2. The van der Waals surface area contributed by atoms with Gasteiger partial charge in [-0.05, 0) is 61.4 Å². The fraction of sp³-hybridized carbons (Fsp3) is 0.364. The molecule has 2 amide bonds. The van der Waals surface area contributed by atoms with E-state index in [4.69, 9.17) is 4.74 Å². The van der Waals surface area contributed by atoms with Crippen molar-refractivity contribution in [1.82, 2.24) is 4.31 Å². The molecule has 2 aromatic carbocycles. The molecule has 4 rings (SSSR count). The van der Waals surface area contributed by atoms with E-state index >= 15 is 0 Å². The third-order valence-electron chi connectivity index (χ3n) is 5.83. The van der Waals surface area contributed by atoms with Gasteiger partial charge in [0, 0.05) is 6.04 Å². The normalized spacial score (nSPS) is 20.1. The molecule has 0 spiro atoms. The predicted octanol–water partition coefficient (Wildman–Crippen LogP) is 3.10. The Morgan fingerprint density at radius 1 is 1.00 bits per heavy atom. The molecule has 1 atom stereocenters. The minimum atomic E-state index is -4.11. The number of hydrogen-bond donors (Lipinski definition) is 0. The summed E-state index contributed by atoms with van der Waals surface area (Å²) in [4.78, 5) is 27.0. The first-order valence-electron chi connectivity index (χ1n) is 10.1. The van der Waals surface area contributed by atoms with Crippen molar-refractivity contribution in [1.29, 1.82) is 0 Å². The van der Waals surface area contributed by atoms with Crippen LogP contribution in [0.15, 0.2) is 53.4 Å². The number of halogens is 1. The van der Waals surface area contributed by atoms with Crippen molar-refractivity contribution in [3.05, 3.63) is 54.3 Å². The maximum absolute atomic E-state index is 13.5. The van der Waals surface area contributed by atoms with Gasteiger partial charge in [0.2, 0.25) is 15.9 Å². The molecule has 1 heterocycles. The summed E-state index contributed by atoms with van der Waals surface area (Å²) < 4.78 is 46.7. The Labute approximate surface area is 180 Å². The molecule has 1 unspecified atom stereocenters. The van der Waals surface area contributed by atoms with Crippen molar-refractivity contribution >= 4 is 27.5 Å². The lowest BCUT2D eigenvalue weighted by atomic mass is 10.2.